The van der Waals surface area contributed by atoms with E-state index in [0.717, 1.165) is 5.69 Å². The van der Waals surface area contributed by atoms with Gasteiger partial charge in [0.25, 0.3) is 5.56 Å². The average molecular weight is 237 g/mol. The molecule has 0 unspecified atom stereocenters. The molecule has 0 radical (unpaired) electrons. The second-order valence-corrected chi connectivity index (χ2v) is 5.99. The van der Waals surface area contributed by atoms with Gasteiger partial charge in [0.2, 0.25) is 0 Å². The molecule has 0 aliphatic heterocycles. The molecule has 0 saturated heterocycles. The van der Waals surface area contributed by atoms with Gasteiger partial charge in [-0.15, -0.1) is 0 Å². The van der Waals surface area contributed by atoms with E-state index in [1.807, 2.05) is 13.0 Å². The zero-order chi connectivity index (χ0) is 13.4. The highest BCUT2D eigenvalue weighted by atomic mass is 16.3. The standard InChI is InChI=1S/C14H23NO2/c1-7-15-11(13(2,3)4)9-8-10(12(15)16)14(5,6)17/h8-9,17H,7H2,1-6H3. The van der Waals surface area contributed by atoms with Crippen LogP contribution in [0.2, 0.25) is 0 Å². The van der Waals surface area contributed by atoms with Gasteiger partial charge in [-0.1, -0.05) is 20.8 Å². The zero-order valence-electron chi connectivity index (χ0n) is 11.7. The van der Waals surface area contributed by atoms with Crippen LogP contribution in [0, 0.1) is 0 Å². The normalized spacial score (nSPS) is 12.9. The fourth-order valence-electron chi connectivity index (χ4n) is 2.01. The summed E-state index contributed by atoms with van der Waals surface area (Å²) in [5, 5.41) is 9.97. The molecule has 96 valence electrons. The van der Waals surface area contributed by atoms with Gasteiger partial charge in [-0.2, -0.15) is 0 Å². The van der Waals surface area contributed by atoms with Crippen LogP contribution in [0.1, 0.15) is 52.8 Å². The van der Waals surface area contributed by atoms with Crippen molar-refractivity contribution in [2.24, 2.45) is 0 Å². The second-order valence-electron chi connectivity index (χ2n) is 5.99. The van der Waals surface area contributed by atoms with Gasteiger partial charge in [0.15, 0.2) is 0 Å². The lowest BCUT2D eigenvalue weighted by Gasteiger charge is -2.26. The van der Waals surface area contributed by atoms with Crippen LogP contribution in [0.5, 0.6) is 0 Å². The van der Waals surface area contributed by atoms with Crippen LogP contribution in [0.25, 0.3) is 0 Å². The SMILES string of the molecule is CCn1c(C(C)(C)C)ccc(C(C)(C)O)c1=O. The Labute approximate surface area is 103 Å². The fraction of sp³-hybridized carbons (Fsp3) is 0.643. The Kier molecular flexibility index (Phi) is 3.53. The Morgan fingerprint density at radius 1 is 1.18 bits per heavy atom. The molecule has 3 heteroatoms. The van der Waals surface area contributed by atoms with Crippen molar-refractivity contribution >= 4 is 0 Å². The monoisotopic (exact) mass is 237 g/mol. The van der Waals surface area contributed by atoms with Crippen LogP contribution in [0.3, 0.4) is 0 Å². The lowest BCUT2D eigenvalue weighted by molar-refractivity contribution is 0.0763. The van der Waals surface area contributed by atoms with Crippen LogP contribution in [-0.4, -0.2) is 9.67 Å². The smallest absolute Gasteiger partial charge is 0.256 e. The molecule has 17 heavy (non-hydrogen) atoms. The molecule has 1 aromatic heterocycles. The molecule has 1 rings (SSSR count). The maximum Gasteiger partial charge on any atom is 0.256 e. The van der Waals surface area contributed by atoms with E-state index in [1.165, 1.54) is 0 Å². The molecule has 0 fully saturated rings. The van der Waals surface area contributed by atoms with Gasteiger partial charge in [0.05, 0.1) is 5.60 Å². The van der Waals surface area contributed by atoms with Gasteiger partial charge in [-0.25, -0.2) is 0 Å². The molecule has 0 aliphatic carbocycles. The van der Waals surface area contributed by atoms with Crippen LogP contribution >= 0.6 is 0 Å². The Hall–Kier alpha value is -1.09. The van der Waals surface area contributed by atoms with Crippen molar-refractivity contribution in [1.29, 1.82) is 0 Å². The first-order valence-corrected chi connectivity index (χ1v) is 6.06. The topological polar surface area (TPSA) is 42.2 Å². The quantitative estimate of drug-likeness (QED) is 0.858. The van der Waals surface area contributed by atoms with Crippen molar-refractivity contribution in [2.45, 2.75) is 59.1 Å². The van der Waals surface area contributed by atoms with E-state index in [0.29, 0.717) is 12.1 Å². The first-order chi connectivity index (χ1) is 7.59. The Morgan fingerprint density at radius 3 is 2.06 bits per heavy atom. The lowest BCUT2D eigenvalue weighted by atomic mass is 9.89. The molecule has 0 aromatic carbocycles. The third-order valence-corrected chi connectivity index (χ3v) is 2.92. The summed E-state index contributed by atoms with van der Waals surface area (Å²) >= 11 is 0. The summed E-state index contributed by atoms with van der Waals surface area (Å²) in [5.41, 5.74) is 0.190. The van der Waals surface area contributed by atoms with Gasteiger partial charge >= 0.3 is 0 Å². The molecule has 1 aromatic rings. The number of aromatic nitrogens is 1. The Morgan fingerprint density at radius 2 is 1.71 bits per heavy atom. The summed E-state index contributed by atoms with van der Waals surface area (Å²) in [7, 11) is 0. The summed E-state index contributed by atoms with van der Waals surface area (Å²) in [6.07, 6.45) is 0. The molecule has 0 saturated carbocycles. The van der Waals surface area contributed by atoms with Crippen LogP contribution in [0.15, 0.2) is 16.9 Å². The van der Waals surface area contributed by atoms with Crippen molar-refractivity contribution < 1.29 is 5.11 Å². The number of hydrogen-bond acceptors (Lipinski definition) is 2. The summed E-state index contributed by atoms with van der Waals surface area (Å²) in [4.78, 5) is 12.3. The molecule has 1 N–H and O–H groups in total. The van der Waals surface area contributed by atoms with E-state index in [9.17, 15) is 9.90 Å². The highest BCUT2D eigenvalue weighted by molar-refractivity contribution is 5.24. The first kappa shape index (κ1) is 14.0. The molecule has 0 amide bonds. The molecule has 0 atom stereocenters. The zero-order valence-corrected chi connectivity index (χ0v) is 11.7. The summed E-state index contributed by atoms with van der Waals surface area (Å²) < 4.78 is 1.74. The van der Waals surface area contributed by atoms with E-state index < -0.39 is 5.60 Å². The van der Waals surface area contributed by atoms with E-state index >= 15 is 0 Å². The predicted octanol–water partition coefficient (Wildman–Crippen LogP) is 2.39. The molecular weight excluding hydrogens is 214 g/mol. The molecule has 3 nitrogen and oxygen atoms in total. The van der Waals surface area contributed by atoms with Crippen LogP contribution < -0.4 is 5.56 Å². The molecule has 1 heterocycles. The minimum atomic E-state index is -1.09. The maximum absolute atomic E-state index is 12.3. The van der Waals surface area contributed by atoms with Crippen molar-refractivity contribution in [3.05, 3.63) is 33.7 Å². The second kappa shape index (κ2) is 4.30. The average Bonchev–Trinajstić information content (AvgIpc) is 2.13. The molecule has 0 aliphatic rings. The summed E-state index contributed by atoms with van der Waals surface area (Å²) in [6, 6.07) is 3.69. The molecule has 0 bridgehead atoms. The van der Waals surface area contributed by atoms with E-state index in [1.54, 1.807) is 24.5 Å². The summed E-state index contributed by atoms with van der Waals surface area (Å²) in [6.45, 7) is 12.1. The number of rotatable bonds is 2. The van der Waals surface area contributed by atoms with Crippen LogP contribution in [0.4, 0.5) is 0 Å². The number of aliphatic hydroxyl groups is 1. The first-order valence-electron chi connectivity index (χ1n) is 6.06. The van der Waals surface area contributed by atoms with Gasteiger partial charge in [-0.3, -0.25) is 4.79 Å². The maximum atomic E-state index is 12.3. The Balaban J connectivity index is 3.55. The van der Waals surface area contributed by atoms with Crippen LogP contribution in [-0.2, 0) is 17.6 Å². The van der Waals surface area contributed by atoms with Crippen molar-refractivity contribution in [3.63, 3.8) is 0 Å². The van der Waals surface area contributed by atoms with Crippen molar-refractivity contribution in [1.82, 2.24) is 4.57 Å². The fourth-order valence-corrected chi connectivity index (χ4v) is 2.01. The highest BCUT2D eigenvalue weighted by Crippen LogP contribution is 2.23. The lowest BCUT2D eigenvalue weighted by Crippen LogP contribution is -2.35. The number of nitrogens with zero attached hydrogens (tertiary/aromatic N) is 1. The van der Waals surface area contributed by atoms with Crippen molar-refractivity contribution in [2.75, 3.05) is 0 Å². The largest absolute Gasteiger partial charge is 0.386 e. The third kappa shape index (κ3) is 2.78. The number of hydrogen-bond donors (Lipinski definition) is 1. The summed E-state index contributed by atoms with van der Waals surface area (Å²) in [5.74, 6) is 0. The molecular formula is C14H23NO2. The minimum Gasteiger partial charge on any atom is -0.386 e. The highest BCUT2D eigenvalue weighted by Gasteiger charge is 2.25. The molecule has 0 spiro atoms. The van der Waals surface area contributed by atoms with E-state index in [2.05, 4.69) is 20.8 Å². The predicted molar refractivity (Wildman–Crippen MR) is 70.3 cm³/mol. The van der Waals surface area contributed by atoms with Gasteiger partial charge in [0, 0.05) is 23.2 Å². The number of pyridine rings is 1. The van der Waals surface area contributed by atoms with Gasteiger partial charge < -0.3 is 9.67 Å². The minimum absolute atomic E-state index is 0.0761. The van der Waals surface area contributed by atoms with Gasteiger partial charge in [0.1, 0.15) is 0 Å². The third-order valence-electron chi connectivity index (χ3n) is 2.92. The van der Waals surface area contributed by atoms with E-state index in [4.69, 9.17) is 0 Å². The van der Waals surface area contributed by atoms with Gasteiger partial charge in [-0.05, 0) is 32.9 Å². The Bertz CT molecular complexity index is 459. The van der Waals surface area contributed by atoms with Crippen molar-refractivity contribution in [3.8, 4) is 0 Å². The van der Waals surface area contributed by atoms with E-state index in [-0.39, 0.29) is 11.0 Å².